The second-order valence-corrected chi connectivity index (χ2v) is 6.93. The summed E-state index contributed by atoms with van der Waals surface area (Å²) in [6.45, 7) is 3.97. The van der Waals surface area contributed by atoms with Gasteiger partial charge in [-0.1, -0.05) is 25.1 Å². The molecule has 0 spiro atoms. The maximum Gasteiger partial charge on any atom is 0.224 e. The van der Waals surface area contributed by atoms with Crippen LogP contribution in [0.2, 0.25) is 0 Å². The molecule has 0 fully saturated rings. The highest BCUT2D eigenvalue weighted by atomic mass is 32.1. The van der Waals surface area contributed by atoms with Crippen molar-refractivity contribution in [3.63, 3.8) is 0 Å². The molecule has 1 atom stereocenters. The van der Waals surface area contributed by atoms with E-state index in [9.17, 15) is 9.18 Å². The van der Waals surface area contributed by atoms with Crippen LogP contribution in [0.15, 0.2) is 46.8 Å². The molecule has 2 aromatic rings. The topological polar surface area (TPSA) is 65.5 Å². The van der Waals surface area contributed by atoms with Crippen molar-refractivity contribution in [2.24, 2.45) is 4.99 Å². The third-order valence-electron chi connectivity index (χ3n) is 3.82. The lowest BCUT2D eigenvalue weighted by atomic mass is 10.1. The lowest BCUT2D eigenvalue weighted by Crippen LogP contribution is -2.42. The third kappa shape index (κ3) is 6.84. The molecule has 3 N–H and O–H groups in total. The van der Waals surface area contributed by atoms with E-state index in [1.807, 2.05) is 0 Å². The Labute approximate surface area is 157 Å². The largest absolute Gasteiger partial charge is 0.356 e. The summed E-state index contributed by atoms with van der Waals surface area (Å²) in [5, 5.41) is 11.3. The van der Waals surface area contributed by atoms with Crippen LogP contribution >= 0.6 is 11.3 Å². The van der Waals surface area contributed by atoms with E-state index in [1.165, 1.54) is 17.0 Å². The molecule has 1 heterocycles. The summed E-state index contributed by atoms with van der Waals surface area (Å²) in [6, 6.07) is 10.3. The van der Waals surface area contributed by atoms with Crippen LogP contribution in [-0.4, -0.2) is 38.5 Å². The van der Waals surface area contributed by atoms with Gasteiger partial charge in [-0.25, -0.2) is 4.39 Å². The molecule has 0 saturated carbocycles. The lowest BCUT2D eigenvalue weighted by molar-refractivity contribution is -0.120. The first-order chi connectivity index (χ1) is 12.6. The zero-order chi connectivity index (χ0) is 18.8. The van der Waals surface area contributed by atoms with Gasteiger partial charge in [-0.2, -0.15) is 0 Å². The van der Waals surface area contributed by atoms with Crippen molar-refractivity contribution < 1.29 is 9.18 Å². The van der Waals surface area contributed by atoms with E-state index in [4.69, 9.17) is 0 Å². The standard InChI is InChI=1S/C19H25FN4OS/c1-14(17-7-4-10-26-17)13-24-19(21-2)23-9-8-22-18(25)12-15-5-3-6-16(20)11-15/h3-7,10-11,14H,8-9,12-13H2,1-2H3,(H,22,25)(H2,21,23,24). The summed E-state index contributed by atoms with van der Waals surface area (Å²) < 4.78 is 13.1. The quantitative estimate of drug-likeness (QED) is 0.377. The molecule has 2 rings (SSSR count). The molecule has 1 unspecified atom stereocenters. The van der Waals surface area contributed by atoms with Crippen LogP contribution in [0.4, 0.5) is 4.39 Å². The molecule has 0 aliphatic carbocycles. The van der Waals surface area contributed by atoms with E-state index in [-0.39, 0.29) is 18.1 Å². The van der Waals surface area contributed by atoms with Crippen LogP contribution in [0, 0.1) is 5.82 Å². The number of halogens is 1. The van der Waals surface area contributed by atoms with Gasteiger partial charge in [0, 0.05) is 37.5 Å². The lowest BCUT2D eigenvalue weighted by Gasteiger charge is -2.15. The molecule has 0 aliphatic heterocycles. The van der Waals surface area contributed by atoms with Crippen molar-refractivity contribution in [3.8, 4) is 0 Å². The predicted molar refractivity (Wildman–Crippen MR) is 105 cm³/mol. The van der Waals surface area contributed by atoms with E-state index in [1.54, 1.807) is 30.5 Å². The molecule has 26 heavy (non-hydrogen) atoms. The molecule has 0 bridgehead atoms. The highest BCUT2D eigenvalue weighted by molar-refractivity contribution is 7.10. The van der Waals surface area contributed by atoms with Crippen LogP contribution in [0.5, 0.6) is 0 Å². The minimum absolute atomic E-state index is 0.133. The van der Waals surface area contributed by atoms with Gasteiger partial charge in [0.1, 0.15) is 5.82 Å². The van der Waals surface area contributed by atoms with E-state index in [0.717, 1.165) is 6.54 Å². The molecule has 1 amide bonds. The average Bonchev–Trinajstić information content (AvgIpc) is 3.15. The van der Waals surface area contributed by atoms with Gasteiger partial charge in [-0.15, -0.1) is 11.3 Å². The van der Waals surface area contributed by atoms with Crippen LogP contribution < -0.4 is 16.0 Å². The average molecular weight is 377 g/mol. The predicted octanol–water partition coefficient (Wildman–Crippen LogP) is 2.51. The minimum Gasteiger partial charge on any atom is -0.356 e. The molecule has 1 aromatic carbocycles. The van der Waals surface area contributed by atoms with Crippen molar-refractivity contribution in [3.05, 3.63) is 58.0 Å². The first kappa shape index (κ1) is 19.9. The molecule has 1 aromatic heterocycles. The number of amides is 1. The van der Waals surface area contributed by atoms with Crippen LogP contribution in [0.3, 0.4) is 0 Å². The Morgan fingerprint density at radius 3 is 2.69 bits per heavy atom. The fourth-order valence-corrected chi connectivity index (χ4v) is 3.21. The van der Waals surface area contributed by atoms with Gasteiger partial charge in [0.05, 0.1) is 6.42 Å². The van der Waals surface area contributed by atoms with E-state index in [2.05, 4.69) is 45.4 Å². The SMILES string of the molecule is CN=C(NCCNC(=O)Cc1cccc(F)c1)NCC(C)c1cccs1. The van der Waals surface area contributed by atoms with Gasteiger partial charge in [-0.05, 0) is 29.1 Å². The zero-order valence-corrected chi connectivity index (χ0v) is 15.9. The van der Waals surface area contributed by atoms with Crippen molar-refractivity contribution in [2.75, 3.05) is 26.7 Å². The third-order valence-corrected chi connectivity index (χ3v) is 4.93. The monoisotopic (exact) mass is 376 g/mol. The number of benzene rings is 1. The van der Waals surface area contributed by atoms with Gasteiger partial charge >= 0.3 is 0 Å². The maximum atomic E-state index is 13.1. The Morgan fingerprint density at radius 2 is 2.00 bits per heavy atom. The Balaban J connectivity index is 1.63. The number of aliphatic imine (C=N–C) groups is 1. The van der Waals surface area contributed by atoms with E-state index >= 15 is 0 Å². The van der Waals surface area contributed by atoms with E-state index in [0.29, 0.717) is 30.5 Å². The highest BCUT2D eigenvalue weighted by Gasteiger charge is 2.08. The molecule has 0 saturated heterocycles. The summed E-state index contributed by atoms with van der Waals surface area (Å²) in [7, 11) is 1.72. The Kier molecular flexibility index (Phi) is 8.08. The summed E-state index contributed by atoms with van der Waals surface area (Å²) in [5.74, 6) is 0.641. The van der Waals surface area contributed by atoms with Gasteiger partial charge < -0.3 is 16.0 Å². The van der Waals surface area contributed by atoms with Crippen LogP contribution in [-0.2, 0) is 11.2 Å². The molecule has 7 heteroatoms. The van der Waals surface area contributed by atoms with Crippen molar-refractivity contribution in [2.45, 2.75) is 19.3 Å². The minimum atomic E-state index is -0.330. The van der Waals surface area contributed by atoms with Gasteiger partial charge in [-0.3, -0.25) is 9.79 Å². The Bertz CT molecular complexity index is 718. The molecular weight excluding hydrogens is 351 g/mol. The second-order valence-electron chi connectivity index (χ2n) is 5.95. The molecule has 0 aliphatic rings. The number of thiophene rings is 1. The number of carbonyl (C=O) groups excluding carboxylic acids is 1. The van der Waals surface area contributed by atoms with Crippen molar-refractivity contribution >= 4 is 23.2 Å². The van der Waals surface area contributed by atoms with E-state index < -0.39 is 0 Å². The van der Waals surface area contributed by atoms with Crippen molar-refractivity contribution in [1.29, 1.82) is 0 Å². The molecule has 5 nitrogen and oxygen atoms in total. The maximum absolute atomic E-state index is 13.1. The van der Waals surface area contributed by atoms with Gasteiger partial charge in [0.2, 0.25) is 5.91 Å². The van der Waals surface area contributed by atoms with Crippen LogP contribution in [0.1, 0.15) is 23.3 Å². The number of hydrogen-bond acceptors (Lipinski definition) is 3. The summed E-state index contributed by atoms with van der Waals surface area (Å²) in [4.78, 5) is 17.4. The van der Waals surface area contributed by atoms with Crippen LogP contribution in [0.25, 0.3) is 0 Å². The zero-order valence-electron chi connectivity index (χ0n) is 15.1. The number of guanidine groups is 1. The fourth-order valence-electron chi connectivity index (χ4n) is 2.42. The number of rotatable bonds is 8. The molecule has 0 radical (unpaired) electrons. The Morgan fingerprint density at radius 1 is 1.19 bits per heavy atom. The van der Waals surface area contributed by atoms with Gasteiger partial charge in [0.25, 0.3) is 0 Å². The molecular formula is C19H25FN4OS. The Hall–Kier alpha value is -2.41. The smallest absolute Gasteiger partial charge is 0.224 e. The number of carbonyl (C=O) groups is 1. The summed E-state index contributed by atoms with van der Waals surface area (Å²) in [6.07, 6.45) is 0.170. The first-order valence-electron chi connectivity index (χ1n) is 8.57. The fraction of sp³-hybridized carbons (Fsp3) is 0.368. The number of hydrogen-bond donors (Lipinski definition) is 3. The summed E-state index contributed by atoms with van der Waals surface area (Å²) in [5.41, 5.74) is 0.663. The molecule has 140 valence electrons. The van der Waals surface area contributed by atoms with Crippen molar-refractivity contribution in [1.82, 2.24) is 16.0 Å². The summed E-state index contributed by atoms with van der Waals surface area (Å²) >= 11 is 1.75. The first-order valence-corrected chi connectivity index (χ1v) is 9.45. The number of nitrogens with zero attached hydrogens (tertiary/aromatic N) is 1. The second kappa shape index (κ2) is 10.6. The highest BCUT2D eigenvalue weighted by Crippen LogP contribution is 2.19. The van der Waals surface area contributed by atoms with Gasteiger partial charge in [0.15, 0.2) is 5.96 Å². The normalized spacial score (nSPS) is 12.5. The number of nitrogens with one attached hydrogen (secondary N) is 3.